The van der Waals surface area contributed by atoms with Gasteiger partial charge in [-0.3, -0.25) is 9.00 Å². The van der Waals surface area contributed by atoms with Crippen molar-refractivity contribution < 1.29 is 9.00 Å². The van der Waals surface area contributed by atoms with E-state index in [2.05, 4.69) is 0 Å². The van der Waals surface area contributed by atoms with Crippen molar-refractivity contribution in [2.24, 2.45) is 0 Å². The molecule has 2 aromatic rings. The van der Waals surface area contributed by atoms with Crippen molar-refractivity contribution in [2.75, 3.05) is 5.75 Å². The second-order valence-electron chi connectivity index (χ2n) is 5.32. The summed E-state index contributed by atoms with van der Waals surface area (Å²) < 4.78 is 12.5. The molecule has 0 aliphatic carbocycles. The van der Waals surface area contributed by atoms with Gasteiger partial charge in [0.05, 0.1) is 10.8 Å². The zero-order chi connectivity index (χ0) is 15.4. The molecule has 21 heavy (non-hydrogen) atoms. The summed E-state index contributed by atoms with van der Waals surface area (Å²) in [5.41, 5.74) is 3.94. The standard InChI is InChI=1S/C18H20O2S/c1-13-11-14(2)18(15(3)12-13)21(20)10-9-17(19)16-7-5-4-6-8-16/h4-8,11-12H,9-10H2,1-3H3. The lowest BCUT2D eigenvalue weighted by atomic mass is 10.1. The fourth-order valence-electron chi connectivity index (χ4n) is 2.58. The van der Waals surface area contributed by atoms with Gasteiger partial charge in [-0.2, -0.15) is 0 Å². The average Bonchev–Trinajstić information content (AvgIpc) is 2.44. The molecule has 0 aromatic heterocycles. The molecule has 0 aliphatic heterocycles. The third-order valence-corrected chi connectivity index (χ3v) is 5.12. The predicted octanol–water partition coefficient (Wildman–Crippen LogP) is 3.99. The fraction of sp³-hybridized carbons (Fsp3) is 0.278. The molecule has 0 bridgehead atoms. The monoisotopic (exact) mass is 300 g/mol. The second kappa shape index (κ2) is 6.81. The number of hydrogen-bond donors (Lipinski definition) is 0. The van der Waals surface area contributed by atoms with Crippen LogP contribution in [0.2, 0.25) is 0 Å². The topological polar surface area (TPSA) is 34.1 Å². The zero-order valence-electron chi connectivity index (χ0n) is 12.7. The van der Waals surface area contributed by atoms with E-state index in [1.165, 1.54) is 5.56 Å². The molecular weight excluding hydrogens is 280 g/mol. The summed E-state index contributed by atoms with van der Waals surface area (Å²) >= 11 is 0. The Hall–Kier alpha value is -1.74. The fourth-order valence-corrected chi connectivity index (χ4v) is 3.99. The number of hydrogen-bond acceptors (Lipinski definition) is 2. The summed E-state index contributed by atoms with van der Waals surface area (Å²) in [4.78, 5) is 12.9. The van der Waals surface area contributed by atoms with Crippen molar-refractivity contribution in [3.8, 4) is 0 Å². The van der Waals surface area contributed by atoms with Gasteiger partial charge in [0, 0.05) is 22.6 Å². The molecule has 2 rings (SSSR count). The van der Waals surface area contributed by atoms with E-state index in [1.807, 2.05) is 51.1 Å². The summed E-state index contributed by atoms with van der Waals surface area (Å²) in [6.45, 7) is 5.99. The number of Topliss-reactive ketones (excluding diaryl/α,β-unsaturated/α-hetero) is 1. The summed E-state index contributed by atoms with van der Waals surface area (Å²) in [6, 6.07) is 13.3. The predicted molar refractivity (Wildman–Crippen MR) is 87.3 cm³/mol. The van der Waals surface area contributed by atoms with Crippen molar-refractivity contribution in [2.45, 2.75) is 32.1 Å². The van der Waals surface area contributed by atoms with Crippen LogP contribution >= 0.6 is 0 Å². The molecule has 2 nitrogen and oxygen atoms in total. The van der Waals surface area contributed by atoms with E-state index >= 15 is 0 Å². The number of aryl methyl sites for hydroxylation is 3. The maximum atomic E-state index is 12.5. The number of ketones is 1. The van der Waals surface area contributed by atoms with Gasteiger partial charge in [0.25, 0.3) is 0 Å². The minimum absolute atomic E-state index is 0.0476. The average molecular weight is 300 g/mol. The molecular formula is C18H20O2S. The first-order valence-electron chi connectivity index (χ1n) is 7.03. The molecule has 0 spiro atoms. The summed E-state index contributed by atoms with van der Waals surface area (Å²) in [6.07, 6.45) is 0.309. The van der Waals surface area contributed by atoms with Crippen LogP contribution in [0.15, 0.2) is 47.4 Å². The Labute approximate surface area is 128 Å². The first-order chi connectivity index (χ1) is 9.99. The molecule has 0 aliphatic rings. The molecule has 2 aromatic carbocycles. The Balaban J connectivity index is 2.08. The van der Waals surface area contributed by atoms with Crippen molar-refractivity contribution in [3.63, 3.8) is 0 Å². The van der Waals surface area contributed by atoms with Crippen LogP contribution in [-0.4, -0.2) is 15.7 Å². The first kappa shape index (κ1) is 15.6. The molecule has 110 valence electrons. The van der Waals surface area contributed by atoms with Crippen molar-refractivity contribution in [1.82, 2.24) is 0 Å². The van der Waals surface area contributed by atoms with E-state index in [0.717, 1.165) is 16.0 Å². The van der Waals surface area contributed by atoms with Crippen molar-refractivity contribution >= 4 is 16.6 Å². The lowest BCUT2D eigenvalue weighted by molar-refractivity contribution is 0.0989. The van der Waals surface area contributed by atoms with Gasteiger partial charge in [-0.25, -0.2) is 0 Å². The van der Waals surface area contributed by atoms with Gasteiger partial charge in [0.1, 0.15) is 0 Å². The normalized spacial score (nSPS) is 12.1. The van der Waals surface area contributed by atoms with Gasteiger partial charge in [-0.1, -0.05) is 48.0 Å². The minimum atomic E-state index is -1.13. The molecule has 0 saturated carbocycles. The maximum absolute atomic E-state index is 12.5. The van der Waals surface area contributed by atoms with Crippen LogP contribution in [0.3, 0.4) is 0 Å². The summed E-state index contributed by atoms with van der Waals surface area (Å²) in [7, 11) is -1.13. The lowest BCUT2D eigenvalue weighted by Gasteiger charge is -2.10. The third kappa shape index (κ3) is 3.88. The summed E-state index contributed by atoms with van der Waals surface area (Å²) in [5, 5.41) is 0. The van der Waals surface area contributed by atoms with Crippen LogP contribution in [0.25, 0.3) is 0 Å². The van der Waals surface area contributed by atoms with Crippen LogP contribution in [0.1, 0.15) is 33.5 Å². The van der Waals surface area contributed by atoms with E-state index in [4.69, 9.17) is 0 Å². The van der Waals surface area contributed by atoms with E-state index in [0.29, 0.717) is 17.7 Å². The van der Waals surface area contributed by atoms with E-state index in [9.17, 15) is 9.00 Å². The summed E-state index contributed by atoms with van der Waals surface area (Å²) in [5.74, 6) is 0.421. The van der Waals surface area contributed by atoms with E-state index in [-0.39, 0.29) is 5.78 Å². The van der Waals surface area contributed by atoms with Gasteiger partial charge in [-0.05, 0) is 31.9 Å². The lowest BCUT2D eigenvalue weighted by Crippen LogP contribution is -2.08. The molecule has 1 unspecified atom stereocenters. The zero-order valence-corrected chi connectivity index (χ0v) is 13.5. The second-order valence-corrected chi connectivity index (χ2v) is 6.82. The van der Waals surface area contributed by atoms with Gasteiger partial charge in [0.2, 0.25) is 0 Å². The Bertz CT molecular complexity index is 652. The highest BCUT2D eigenvalue weighted by Crippen LogP contribution is 2.21. The maximum Gasteiger partial charge on any atom is 0.163 e. The Morgan fingerprint density at radius 3 is 2.14 bits per heavy atom. The van der Waals surface area contributed by atoms with Crippen LogP contribution < -0.4 is 0 Å². The first-order valence-corrected chi connectivity index (χ1v) is 8.35. The van der Waals surface area contributed by atoms with E-state index < -0.39 is 10.8 Å². The number of carbonyl (C=O) groups excluding carboxylic acids is 1. The largest absolute Gasteiger partial charge is 0.294 e. The molecule has 0 amide bonds. The van der Waals surface area contributed by atoms with Gasteiger partial charge in [0.15, 0.2) is 5.78 Å². The van der Waals surface area contributed by atoms with Gasteiger partial charge >= 0.3 is 0 Å². The Morgan fingerprint density at radius 1 is 1.00 bits per heavy atom. The minimum Gasteiger partial charge on any atom is -0.294 e. The molecule has 0 radical (unpaired) electrons. The van der Waals surface area contributed by atoms with Gasteiger partial charge < -0.3 is 0 Å². The quantitative estimate of drug-likeness (QED) is 0.782. The molecule has 1 atom stereocenters. The number of carbonyl (C=O) groups is 1. The Kier molecular flexibility index (Phi) is 5.07. The van der Waals surface area contributed by atoms with Crippen LogP contribution in [0.4, 0.5) is 0 Å². The van der Waals surface area contributed by atoms with Crippen LogP contribution in [-0.2, 0) is 10.8 Å². The highest BCUT2D eigenvalue weighted by molar-refractivity contribution is 7.85. The molecule has 0 fully saturated rings. The molecule has 3 heteroatoms. The highest BCUT2D eigenvalue weighted by Gasteiger charge is 2.14. The Morgan fingerprint density at radius 2 is 1.57 bits per heavy atom. The smallest absolute Gasteiger partial charge is 0.163 e. The molecule has 0 heterocycles. The number of rotatable bonds is 5. The number of benzene rings is 2. The van der Waals surface area contributed by atoms with Gasteiger partial charge in [-0.15, -0.1) is 0 Å². The molecule has 0 saturated heterocycles. The van der Waals surface area contributed by atoms with Crippen molar-refractivity contribution in [3.05, 3.63) is 64.7 Å². The van der Waals surface area contributed by atoms with E-state index in [1.54, 1.807) is 12.1 Å². The van der Waals surface area contributed by atoms with Crippen LogP contribution in [0, 0.1) is 20.8 Å². The third-order valence-electron chi connectivity index (χ3n) is 3.44. The molecule has 0 N–H and O–H groups in total. The SMILES string of the molecule is Cc1cc(C)c(S(=O)CCC(=O)c2ccccc2)c(C)c1. The highest BCUT2D eigenvalue weighted by atomic mass is 32.2. The van der Waals surface area contributed by atoms with Crippen LogP contribution in [0.5, 0.6) is 0 Å². The van der Waals surface area contributed by atoms with Crippen molar-refractivity contribution in [1.29, 1.82) is 0 Å².